The summed E-state index contributed by atoms with van der Waals surface area (Å²) in [7, 11) is 0. The Morgan fingerprint density at radius 3 is 2.88 bits per heavy atom. The number of hydrogen-bond acceptors (Lipinski definition) is 2. The SMILES string of the molecule is CC(C)CNCc1coc2c(Br)cc(Cl)cc12. The van der Waals surface area contributed by atoms with Gasteiger partial charge in [0.2, 0.25) is 0 Å². The highest BCUT2D eigenvalue weighted by Crippen LogP contribution is 2.31. The summed E-state index contributed by atoms with van der Waals surface area (Å²) in [4.78, 5) is 0. The first kappa shape index (κ1) is 12.9. The van der Waals surface area contributed by atoms with E-state index in [4.69, 9.17) is 16.0 Å². The lowest BCUT2D eigenvalue weighted by molar-refractivity contribution is 0.546. The van der Waals surface area contributed by atoms with Crippen LogP contribution in [0.4, 0.5) is 0 Å². The molecule has 92 valence electrons. The van der Waals surface area contributed by atoms with E-state index in [1.54, 1.807) is 6.26 Å². The molecule has 0 aliphatic carbocycles. The van der Waals surface area contributed by atoms with E-state index >= 15 is 0 Å². The summed E-state index contributed by atoms with van der Waals surface area (Å²) < 4.78 is 6.45. The van der Waals surface area contributed by atoms with Crippen molar-refractivity contribution < 1.29 is 4.42 Å². The highest BCUT2D eigenvalue weighted by Gasteiger charge is 2.10. The summed E-state index contributed by atoms with van der Waals surface area (Å²) >= 11 is 9.50. The van der Waals surface area contributed by atoms with Gasteiger partial charge >= 0.3 is 0 Å². The minimum Gasteiger partial charge on any atom is -0.463 e. The molecule has 0 bridgehead atoms. The molecule has 2 aromatic rings. The molecule has 0 atom stereocenters. The number of hydrogen-bond donors (Lipinski definition) is 1. The third-order valence-corrected chi connectivity index (χ3v) is 3.35. The first-order valence-electron chi connectivity index (χ1n) is 5.63. The lowest BCUT2D eigenvalue weighted by Crippen LogP contribution is -2.18. The molecule has 0 radical (unpaired) electrons. The van der Waals surface area contributed by atoms with Crippen LogP contribution in [0.2, 0.25) is 5.02 Å². The topological polar surface area (TPSA) is 25.2 Å². The molecule has 0 amide bonds. The van der Waals surface area contributed by atoms with Crippen molar-refractivity contribution in [1.29, 1.82) is 0 Å². The number of rotatable bonds is 4. The van der Waals surface area contributed by atoms with Gasteiger partial charge in [-0.1, -0.05) is 25.4 Å². The normalized spacial score (nSPS) is 11.6. The van der Waals surface area contributed by atoms with E-state index < -0.39 is 0 Å². The second-order valence-corrected chi connectivity index (χ2v) is 5.84. The lowest BCUT2D eigenvalue weighted by Gasteiger charge is -2.06. The first-order chi connectivity index (χ1) is 8.08. The van der Waals surface area contributed by atoms with Crippen LogP contribution >= 0.6 is 27.5 Å². The van der Waals surface area contributed by atoms with Gasteiger partial charge in [-0.3, -0.25) is 0 Å². The highest BCUT2D eigenvalue weighted by atomic mass is 79.9. The van der Waals surface area contributed by atoms with Crippen LogP contribution in [0, 0.1) is 5.92 Å². The first-order valence-corrected chi connectivity index (χ1v) is 6.81. The molecule has 1 aromatic carbocycles. The van der Waals surface area contributed by atoms with Gasteiger partial charge in [0.05, 0.1) is 10.7 Å². The monoisotopic (exact) mass is 315 g/mol. The minimum atomic E-state index is 0.642. The van der Waals surface area contributed by atoms with Crippen LogP contribution in [0.25, 0.3) is 11.0 Å². The van der Waals surface area contributed by atoms with Crippen LogP contribution in [0.1, 0.15) is 19.4 Å². The standard InChI is InChI=1S/C13H15BrClNO/c1-8(2)5-16-6-9-7-17-13-11(9)3-10(15)4-12(13)14/h3-4,7-8,16H,5-6H2,1-2H3. The van der Waals surface area contributed by atoms with Crippen LogP contribution in [0.5, 0.6) is 0 Å². The fraction of sp³-hybridized carbons (Fsp3) is 0.385. The molecule has 0 aliphatic heterocycles. The van der Waals surface area contributed by atoms with E-state index in [-0.39, 0.29) is 0 Å². The number of nitrogens with one attached hydrogen (secondary N) is 1. The Hall–Kier alpha value is -0.510. The summed E-state index contributed by atoms with van der Waals surface area (Å²) in [5.74, 6) is 0.642. The van der Waals surface area contributed by atoms with Crippen molar-refractivity contribution in [3.8, 4) is 0 Å². The Kier molecular flexibility index (Phi) is 4.13. The van der Waals surface area contributed by atoms with Gasteiger partial charge in [-0.05, 0) is 40.5 Å². The van der Waals surface area contributed by atoms with E-state index in [0.717, 1.165) is 39.1 Å². The van der Waals surface area contributed by atoms with Crippen molar-refractivity contribution in [1.82, 2.24) is 5.32 Å². The predicted octanol–water partition coefficient (Wildman–Crippen LogP) is 4.59. The molecule has 0 spiro atoms. The molecule has 0 saturated carbocycles. The maximum absolute atomic E-state index is 6.05. The predicted molar refractivity (Wildman–Crippen MR) is 75.5 cm³/mol. The molecular weight excluding hydrogens is 302 g/mol. The molecule has 2 rings (SSSR count). The van der Waals surface area contributed by atoms with Crippen molar-refractivity contribution in [3.05, 3.63) is 33.5 Å². The Morgan fingerprint density at radius 1 is 1.41 bits per heavy atom. The molecule has 0 aliphatic rings. The molecule has 1 aromatic heterocycles. The van der Waals surface area contributed by atoms with Gasteiger partial charge in [-0.2, -0.15) is 0 Å². The van der Waals surface area contributed by atoms with Crippen LogP contribution in [-0.2, 0) is 6.54 Å². The van der Waals surface area contributed by atoms with E-state index in [0.29, 0.717) is 5.92 Å². The molecule has 0 unspecified atom stereocenters. The Balaban J connectivity index is 2.23. The molecule has 1 N–H and O–H groups in total. The average molecular weight is 317 g/mol. The van der Waals surface area contributed by atoms with Gasteiger partial charge in [-0.15, -0.1) is 0 Å². The van der Waals surface area contributed by atoms with E-state index in [9.17, 15) is 0 Å². The quantitative estimate of drug-likeness (QED) is 0.892. The highest BCUT2D eigenvalue weighted by molar-refractivity contribution is 9.10. The van der Waals surface area contributed by atoms with Crippen molar-refractivity contribution in [2.45, 2.75) is 20.4 Å². The maximum Gasteiger partial charge on any atom is 0.148 e. The largest absolute Gasteiger partial charge is 0.463 e. The van der Waals surface area contributed by atoms with Crippen molar-refractivity contribution in [2.75, 3.05) is 6.54 Å². The number of benzene rings is 1. The van der Waals surface area contributed by atoms with Gasteiger partial charge in [0.15, 0.2) is 0 Å². The zero-order chi connectivity index (χ0) is 12.4. The van der Waals surface area contributed by atoms with Gasteiger partial charge in [0.25, 0.3) is 0 Å². The summed E-state index contributed by atoms with van der Waals surface area (Å²) in [6.45, 7) is 6.17. The fourth-order valence-electron chi connectivity index (χ4n) is 1.74. The summed E-state index contributed by atoms with van der Waals surface area (Å²) in [5, 5.41) is 5.19. The maximum atomic E-state index is 6.05. The zero-order valence-corrected chi connectivity index (χ0v) is 12.2. The molecule has 1 heterocycles. The fourth-order valence-corrected chi connectivity index (χ4v) is 2.65. The van der Waals surface area contributed by atoms with Gasteiger partial charge in [0.1, 0.15) is 5.58 Å². The molecule has 2 nitrogen and oxygen atoms in total. The van der Waals surface area contributed by atoms with Gasteiger partial charge < -0.3 is 9.73 Å². The second-order valence-electron chi connectivity index (χ2n) is 4.55. The van der Waals surface area contributed by atoms with Crippen LogP contribution in [0.15, 0.2) is 27.3 Å². The molecule has 0 fully saturated rings. The molecule has 17 heavy (non-hydrogen) atoms. The number of halogens is 2. The number of fused-ring (bicyclic) bond motifs is 1. The van der Waals surface area contributed by atoms with Gasteiger partial charge in [-0.25, -0.2) is 0 Å². The van der Waals surface area contributed by atoms with E-state index in [2.05, 4.69) is 35.1 Å². The van der Waals surface area contributed by atoms with Crippen LogP contribution in [-0.4, -0.2) is 6.54 Å². The third-order valence-electron chi connectivity index (χ3n) is 2.54. The Labute approximate surface area is 114 Å². The lowest BCUT2D eigenvalue weighted by atomic mass is 10.1. The van der Waals surface area contributed by atoms with Crippen molar-refractivity contribution in [3.63, 3.8) is 0 Å². The molecule has 4 heteroatoms. The van der Waals surface area contributed by atoms with Crippen molar-refractivity contribution >= 4 is 38.5 Å². The summed E-state index contributed by atoms with van der Waals surface area (Å²) in [6.07, 6.45) is 1.79. The van der Waals surface area contributed by atoms with Crippen LogP contribution in [0.3, 0.4) is 0 Å². The smallest absolute Gasteiger partial charge is 0.148 e. The Morgan fingerprint density at radius 2 is 2.18 bits per heavy atom. The van der Waals surface area contributed by atoms with E-state index in [1.165, 1.54) is 0 Å². The molecule has 0 saturated heterocycles. The summed E-state index contributed by atoms with van der Waals surface area (Å²) in [6, 6.07) is 3.79. The number of furan rings is 1. The zero-order valence-electron chi connectivity index (χ0n) is 9.89. The van der Waals surface area contributed by atoms with Crippen LogP contribution < -0.4 is 5.32 Å². The minimum absolute atomic E-state index is 0.642. The van der Waals surface area contributed by atoms with Crippen molar-refractivity contribution in [2.24, 2.45) is 5.92 Å². The third kappa shape index (κ3) is 3.03. The summed E-state index contributed by atoms with van der Waals surface area (Å²) in [5.41, 5.74) is 2.00. The average Bonchev–Trinajstić information content (AvgIpc) is 2.61. The second kappa shape index (κ2) is 5.42. The Bertz CT molecular complexity index is 521. The van der Waals surface area contributed by atoms with E-state index in [1.807, 2.05) is 12.1 Å². The van der Waals surface area contributed by atoms with Gasteiger partial charge in [0, 0.05) is 22.5 Å². The molecular formula is C13H15BrClNO.